The molecule has 0 bridgehead atoms. The molecule has 1 aliphatic rings. The number of aromatic nitrogens is 2. The maximum atomic E-state index is 12.8. The summed E-state index contributed by atoms with van der Waals surface area (Å²) in [5.41, 5.74) is 4.90. The number of hydroxylamine groups is 2. The van der Waals surface area contributed by atoms with Crippen LogP contribution in [-0.4, -0.2) is 46.2 Å². The Labute approximate surface area is 228 Å². The molecule has 2 aromatic heterocycles. The third kappa shape index (κ3) is 5.25. The lowest BCUT2D eigenvalue weighted by molar-refractivity contribution is -0.0757. The number of alkyl carbamates (subject to hydrolysis) is 1. The highest BCUT2D eigenvalue weighted by Crippen LogP contribution is 2.42. The second-order valence-corrected chi connectivity index (χ2v) is 10.9. The van der Waals surface area contributed by atoms with Crippen molar-refractivity contribution in [2.24, 2.45) is 0 Å². The van der Waals surface area contributed by atoms with Crippen LogP contribution in [0.1, 0.15) is 56.0 Å². The second kappa shape index (κ2) is 10.2. The summed E-state index contributed by atoms with van der Waals surface area (Å²) in [6.45, 7) is 5.59. The van der Waals surface area contributed by atoms with Crippen molar-refractivity contribution in [1.29, 1.82) is 0 Å². The first-order valence-corrected chi connectivity index (χ1v) is 13.1. The number of nitrogens with zero attached hydrogens (tertiary/aromatic N) is 3. The maximum Gasteiger partial charge on any atom is 0.408 e. The maximum absolute atomic E-state index is 12.8. The van der Waals surface area contributed by atoms with Gasteiger partial charge >= 0.3 is 6.09 Å². The molecule has 8 heteroatoms. The highest BCUT2D eigenvalue weighted by atomic mass is 16.7. The monoisotopic (exact) mass is 526 g/mol. The molecule has 4 aromatic rings. The number of imidazole rings is 1. The number of pyridine rings is 1. The van der Waals surface area contributed by atoms with E-state index in [1.807, 2.05) is 73.7 Å². The summed E-state index contributed by atoms with van der Waals surface area (Å²) in [6.07, 6.45) is 4.17. The Morgan fingerprint density at radius 2 is 1.67 bits per heavy atom. The van der Waals surface area contributed by atoms with E-state index in [9.17, 15) is 9.59 Å². The molecule has 0 radical (unpaired) electrons. The number of ether oxygens (including phenoxy) is 1. The van der Waals surface area contributed by atoms with Gasteiger partial charge in [0.15, 0.2) is 0 Å². The molecule has 2 heterocycles. The molecule has 0 spiro atoms. The number of fused-ring (bicyclic) bond motifs is 1. The molecular formula is C31H34N4O4. The standard InChI is InChI=1S/C31H34N4O4/c1-30(2,3)39-29(37)33-31(18-9-19-31)24-15-12-21(13-16-24)26-27(22-10-7-6-8-11-22)35-20-23(14-17-25(35)32-26)28(36)34(4)38-5/h6-8,10-17,20H,9,18-19H2,1-5H3,(H,33,37). The van der Waals surface area contributed by atoms with Crippen LogP contribution < -0.4 is 5.32 Å². The number of carbonyl (C=O) groups is 2. The van der Waals surface area contributed by atoms with Crippen molar-refractivity contribution in [2.75, 3.05) is 14.2 Å². The molecular weight excluding hydrogens is 492 g/mol. The first-order valence-electron chi connectivity index (χ1n) is 13.1. The molecule has 5 rings (SSSR count). The topological polar surface area (TPSA) is 85.2 Å². The first kappa shape index (κ1) is 26.4. The number of rotatable bonds is 6. The summed E-state index contributed by atoms with van der Waals surface area (Å²) in [6, 6.07) is 21.8. The fourth-order valence-electron chi connectivity index (χ4n) is 4.97. The highest BCUT2D eigenvalue weighted by Gasteiger charge is 2.41. The Kier molecular flexibility index (Phi) is 6.91. The lowest BCUT2D eigenvalue weighted by Gasteiger charge is -2.43. The molecule has 0 unspecified atom stereocenters. The van der Waals surface area contributed by atoms with Crippen molar-refractivity contribution < 1.29 is 19.2 Å². The molecule has 1 aliphatic carbocycles. The van der Waals surface area contributed by atoms with E-state index in [-0.39, 0.29) is 5.91 Å². The van der Waals surface area contributed by atoms with Crippen LogP contribution >= 0.6 is 0 Å². The van der Waals surface area contributed by atoms with Crippen molar-refractivity contribution in [3.05, 3.63) is 84.1 Å². The Morgan fingerprint density at radius 3 is 2.26 bits per heavy atom. The van der Waals surface area contributed by atoms with Gasteiger partial charge in [0.05, 0.1) is 29.6 Å². The number of hydrogen-bond acceptors (Lipinski definition) is 5. The van der Waals surface area contributed by atoms with E-state index in [0.717, 1.165) is 53.0 Å². The lowest BCUT2D eigenvalue weighted by atomic mass is 9.71. The third-order valence-electron chi connectivity index (χ3n) is 7.13. The van der Waals surface area contributed by atoms with E-state index >= 15 is 0 Å². The molecule has 1 N–H and O–H groups in total. The number of nitrogens with one attached hydrogen (secondary N) is 1. The van der Waals surface area contributed by atoms with Crippen LogP contribution in [0.2, 0.25) is 0 Å². The van der Waals surface area contributed by atoms with Gasteiger partial charge in [0, 0.05) is 24.4 Å². The van der Waals surface area contributed by atoms with Gasteiger partial charge in [-0.2, -0.15) is 0 Å². The van der Waals surface area contributed by atoms with E-state index in [4.69, 9.17) is 14.6 Å². The number of benzene rings is 2. The van der Waals surface area contributed by atoms with Crippen LogP contribution in [0.15, 0.2) is 72.9 Å². The molecule has 0 atom stereocenters. The van der Waals surface area contributed by atoms with Gasteiger partial charge in [-0.3, -0.25) is 14.0 Å². The van der Waals surface area contributed by atoms with Crippen molar-refractivity contribution >= 4 is 17.6 Å². The summed E-state index contributed by atoms with van der Waals surface area (Å²) in [5, 5.41) is 4.32. The fourth-order valence-corrected chi connectivity index (χ4v) is 4.97. The molecule has 1 saturated carbocycles. The van der Waals surface area contributed by atoms with Crippen molar-refractivity contribution in [1.82, 2.24) is 19.8 Å². The fraction of sp³-hybridized carbons (Fsp3) is 0.323. The predicted octanol–water partition coefficient (Wildman–Crippen LogP) is 6.21. The van der Waals surface area contributed by atoms with Crippen LogP contribution in [0, 0.1) is 0 Å². The smallest absolute Gasteiger partial charge is 0.408 e. The van der Waals surface area contributed by atoms with Crippen LogP contribution in [0.4, 0.5) is 4.79 Å². The van der Waals surface area contributed by atoms with Gasteiger partial charge in [-0.1, -0.05) is 54.6 Å². The van der Waals surface area contributed by atoms with Crippen LogP contribution in [0.3, 0.4) is 0 Å². The van der Waals surface area contributed by atoms with E-state index in [1.54, 1.807) is 19.3 Å². The van der Waals surface area contributed by atoms with Gasteiger partial charge in [-0.15, -0.1) is 0 Å². The molecule has 39 heavy (non-hydrogen) atoms. The molecule has 202 valence electrons. The largest absolute Gasteiger partial charge is 0.444 e. The zero-order valence-corrected chi connectivity index (χ0v) is 23.0. The molecule has 0 aliphatic heterocycles. The first-order chi connectivity index (χ1) is 18.6. The van der Waals surface area contributed by atoms with Crippen molar-refractivity contribution in [2.45, 2.75) is 51.2 Å². The lowest BCUT2D eigenvalue weighted by Crippen LogP contribution is -2.52. The minimum Gasteiger partial charge on any atom is -0.444 e. The van der Waals surface area contributed by atoms with Gasteiger partial charge in [-0.25, -0.2) is 14.8 Å². The summed E-state index contributed by atoms with van der Waals surface area (Å²) in [4.78, 5) is 35.4. The Balaban J connectivity index is 1.54. The van der Waals surface area contributed by atoms with Gasteiger partial charge in [0.25, 0.3) is 5.91 Å². The van der Waals surface area contributed by atoms with Gasteiger partial charge in [-0.05, 0) is 57.7 Å². The minimum atomic E-state index is -0.556. The zero-order valence-electron chi connectivity index (χ0n) is 23.0. The van der Waals surface area contributed by atoms with E-state index in [2.05, 4.69) is 17.4 Å². The second-order valence-electron chi connectivity index (χ2n) is 10.9. The summed E-state index contributed by atoms with van der Waals surface area (Å²) < 4.78 is 7.48. The van der Waals surface area contributed by atoms with Gasteiger partial charge in [0.1, 0.15) is 11.2 Å². The quantitative estimate of drug-likeness (QED) is 0.302. The van der Waals surface area contributed by atoms with Crippen molar-refractivity contribution in [3.63, 3.8) is 0 Å². The van der Waals surface area contributed by atoms with Crippen LogP contribution in [0.25, 0.3) is 28.2 Å². The highest BCUT2D eigenvalue weighted by molar-refractivity contribution is 5.94. The van der Waals surface area contributed by atoms with Crippen molar-refractivity contribution in [3.8, 4) is 22.5 Å². The molecule has 8 nitrogen and oxygen atoms in total. The Hall–Kier alpha value is -4.17. The SMILES string of the molecule is CON(C)C(=O)c1ccc2nc(-c3ccc(C4(NC(=O)OC(C)(C)C)CCC4)cc3)c(-c3ccccc3)n2c1. The number of hydrogen-bond donors (Lipinski definition) is 1. The van der Waals surface area contributed by atoms with E-state index in [1.165, 1.54) is 12.2 Å². The normalized spacial score (nSPS) is 14.5. The predicted molar refractivity (Wildman–Crippen MR) is 150 cm³/mol. The number of amides is 2. The Bertz CT molecular complexity index is 1500. The average Bonchev–Trinajstić information content (AvgIpc) is 3.28. The molecule has 0 saturated heterocycles. The average molecular weight is 527 g/mol. The minimum absolute atomic E-state index is 0.249. The third-order valence-corrected chi connectivity index (χ3v) is 7.13. The van der Waals surface area contributed by atoms with E-state index < -0.39 is 17.2 Å². The zero-order chi connectivity index (χ0) is 27.8. The molecule has 2 aromatic carbocycles. The van der Waals surface area contributed by atoms with E-state index in [0.29, 0.717) is 5.56 Å². The molecule has 1 fully saturated rings. The van der Waals surface area contributed by atoms with Gasteiger partial charge < -0.3 is 10.1 Å². The molecule has 2 amide bonds. The Morgan fingerprint density at radius 1 is 0.974 bits per heavy atom. The van der Waals surface area contributed by atoms with Crippen LogP contribution in [0.5, 0.6) is 0 Å². The summed E-state index contributed by atoms with van der Waals surface area (Å²) >= 11 is 0. The summed E-state index contributed by atoms with van der Waals surface area (Å²) in [7, 11) is 3.04. The summed E-state index contributed by atoms with van der Waals surface area (Å²) in [5.74, 6) is -0.249. The number of carbonyl (C=O) groups excluding carboxylic acids is 2. The van der Waals surface area contributed by atoms with Gasteiger partial charge in [0.2, 0.25) is 0 Å². The van der Waals surface area contributed by atoms with Crippen LogP contribution in [-0.2, 0) is 15.1 Å².